The zero-order valence-corrected chi connectivity index (χ0v) is 29.7. The van der Waals surface area contributed by atoms with E-state index in [9.17, 15) is 9.36 Å². The number of halogens is 1. The number of aromatic nitrogens is 4. The smallest absolute Gasteiger partial charge is 0.416 e. The molecule has 0 bridgehead atoms. The minimum absolute atomic E-state index is 0.0499. The monoisotopic (exact) mass is 683 g/mol. The van der Waals surface area contributed by atoms with Crippen LogP contribution >= 0.6 is 18.7 Å². The molecule has 15 heteroatoms. The molecule has 46 heavy (non-hydrogen) atoms. The normalized spacial score (nSPS) is 26.3. The van der Waals surface area contributed by atoms with Crippen molar-refractivity contribution < 1.29 is 37.8 Å². The summed E-state index contributed by atoms with van der Waals surface area (Å²) in [5.41, 5.74) is -0.340. The number of carbonyl (C=O) groups is 1. The van der Waals surface area contributed by atoms with Crippen molar-refractivity contribution in [3.8, 4) is 0 Å². The van der Waals surface area contributed by atoms with E-state index in [1.54, 1.807) is 42.3 Å². The maximum atomic E-state index is 13.6. The van der Waals surface area contributed by atoms with Crippen LogP contribution < -0.4 is 4.90 Å². The van der Waals surface area contributed by atoms with Gasteiger partial charge >= 0.3 is 6.09 Å². The molecule has 3 aliphatic rings. The molecule has 13 nitrogen and oxygen atoms in total. The standard InChI is InChI=1S/C31H47ClN5O8P/c1-10-15-31(18-40-7,46(8,9)39)41-17-21-22-23(44-30(5,6)43-22)26(42-21)37-25-20(16-33-37)24(34-27(32)35-25)36(19-13-11-12-14-19)28(38)45-29(2,3)4/h10,16,19,21-23,26H,1,11-15,17-18H2,2-9H3/t21-,22-,23-,26-,31?/m1/s1. The Bertz CT molecular complexity index is 1490. The lowest BCUT2D eigenvalue weighted by atomic mass is 10.1. The van der Waals surface area contributed by atoms with Crippen LogP contribution in [-0.2, 0) is 33.0 Å². The van der Waals surface area contributed by atoms with E-state index in [0.717, 1.165) is 25.7 Å². The second-order valence-electron chi connectivity index (χ2n) is 14.1. The minimum Gasteiger partial charge on any atom is -0.443 e. The van der Waals surface area contributed by atoms with Crippen LogP contribution in [0, 0.1) is 0 Å². The Kier molecular flexibility index (Phi) is 9.99. The number of methoxy groups -OCH3 is 1. The molecule has 2 aromatic heterocycles. The Labute approximate surface area is 275 Å². The van der Waals surface area contributed by atoms with Crippen LogP contribution in [0.2, 0.25) is 5.28 Å². The highest BCUT2D eigenvalue weighted by atomic mass is 35.5. The van der Waals surface area contributed by atoms with E-state index in [4.69, 9.17) is 40.0 Å². The third-order valence-electron chi connectivity index (χ3n) is 8.61. The molecule has 5 rings (SSSR count). The zero-order valence-electron chi connectivity index (χ0n) is 28.0. The van der Waals surface area contributed by atoms with E-state index in [1.165, 1.54) is 0 Å². The number of ether oxygens (including phenoxy) is 6. The molecule has 0 aromatic carbocycles. The fraction of sp³-hybridized carbons (Fsp3) is 0.742. The molecule has 0 N–H and O–H groups in total. The molecule has 1 saturated carbocycles. The lowest BCUT2D eigenvalue weighted by molar-refractivity contribution is -0.206. The average Bonchev–Trinajstić information content (AvgIpc) is 3.71. The summed E-state index contributed by atoms with van der Waals surface area (Å²) < 4.78 is 52.0. The maximum Gasteiger partial charge on any atom is 0.416 e. The van der Waals surface area contributed by atoms with Crippen molar-refractivity contribution in [3.63, 3.8) is 0 Å². The number of amides is 1. The molecule has 2 aliphatic heterocycles. The third kappa shape index (κ3) is 7.02. The summed E-state index contributed by atoms with van der Waals surface area (Å²) in [6.45, 7) is 16.5. The van der Waals surface area contributed by atoms with Crippen molar-refractivity contribution in [2.75, 3.05) is 38.6 Å². The van der Waals surface area contributed by atoms with E-state index in [2.05, 4.69) is 21.6 Å². The number of hydrogen-bond donors (Lipinski definition) is 0. The molecule has 0 radical (unpaired) electrons. The quantitative estimate of drug-likeness (QED) is 0.153. The van der Waals surface area contributed by atoms with Crippen molar-refractivity contribution >= 4 is 41.7 Å². The van der Waals surface area contributed by atoms with Gasteiger partial charge in [0.2, 0.25) is 5.28 Å². The summed E-state index contributed by atoms with van der Waals surface area (Å²) >= 11 is 6.53. The van der Waals surface area contributed by atoms with Crippen LogP contribution in [0.1, 0.15) is 73.0 Å². The molecule has 2 saturated heterocycles. The van der Waals surface area contributed by atoms with Crippen molar-refractivity contribution in [2.45, 2.75) is 114 Å². The van der Waals surface area contributed by atoms with Gasteiger partial charge in [-0.25, -0.2) is 9.48 Å². The average molecular weight is 684 g/mol. The fourth-order valence-electron chi connectivity index (χ4n) is 6.51. The second kappa shape index (κ2) is 13.1. The van der Waals surface area contributed by atoms with Crippen LogP contribution in [0.4, 0.5) is 10.6 Å². The lowest BCUT2D eigenvalue weighted by Gasteiger charge is -2.37. The van der Waals surface area contributed by atoms with E-state index in [1.807, 2.05) is 34.6 Å². The first-order chi connectivity index (χ1) is 21.5. The summed E-state index contributed by atoms with van der Waals surface area (Å²) in [7, 11) is -1.29. The van der Waals surface area contributed by atoms with Gasteiger partial charge in [-0.15, -0.1) is 6.58 Å². The Balaban J connectivity index is 1.51. The van der Waals surface area contributed by atoms with Crippen LogP contribution in [-0.4, -0.2) is 101 Å². The number of anilines is 1. The summed E-state index contributed by atoms with van der Waals surface area (Å²) in [4.78, 5) is 24.2. The van der Waals surface area contributed by atoms with E-state index in [0.29, 0.717) is 23.3 Å². The number of nitrogens with zero attached hydrogens (tertiary/aromatic N) is 5. The largest absolute Gasteiger partial charge is 0.443 e. The molecule has 1 aliphatic carbocycles. The summed E-state index contributed by atoms with van der Waals surface area (Å²) in [6.07, 6.45) is 4.19. The van der Waals surface area contributed by atoms with Gasteiger partial charge in [0.1, 0.15) is 36.4 Å². The van der Waals surface area contributed by atoms with Gasteiger partial charge in [-0.05, 0) is 72.4 Å². The number of hydrogen-bond acceptors (Lipinski definition) is 11. The van der Waals surface area contributed by atoms with Crippen LogP contribution in [0.25, 0.3) is 11.0 Å². The highest BCUT2D eigenvalue weighted by Crippen LogP contribution is 2.55. The zero-order chi connectivity index (χ0) is 33.7. The minimum atomic E-state index is -2.84. The fourth-order valence-corrected chi connectivity index (χ4v) is 8.06. The van der Waals surface area contributed by atoms with Crippen molar-refractivity contribution in [3.05, 3.63) is 24.1 Å². The Hall–Kier alpha value is -2.12. The summed E-state index contributed by atoms with van der Waals surface area (Å²) in [5.74, 6) is -0.585. The Morgan fingerprint density at radius 3 is 2.50 bits per heavy atom. The molecule has 1 amide bonds. The highest BCUT2D eigenvalue weighted by Gasteiger charge is 2.57. The van der Waals surface area contributed by atoms with Gasteiger partial charge in [0, 0.05) is 19.6 Å². The molecule has 256 valence electrons. The van der Waals surface area contributed by atoms with Gasteiger partial charge in [0.25, 0.3) is 0 Å². The van der Waals surface area contributed by atoms with Crippen LogP contribution in [0.5, 0.6) is 0 Å². The first-order valence-electron chi connectivity index (χ1n) is 15.7. The van der Waals surface area contributed by atoms with E-state index in [-0.39, 0.29) is 24.5 Å². The Morgan fingerprint density at radius 2 is 1.89 bits per heavy atom. The SMILES string of the molecule is C=CCC(COC)(OC[C@H]1O[C@@H](n2ncc3c(N(C(=O)OC(C)(C)C)C4CCCC4)nc(Cl)nc32)[C@@H]2OC(C)(C)O[C@@H]21)P(C)(C)=O. The molecule has 0 spiro atoms. The van der Waals surface area contributed by atoms with Gasteiger partial charge in [-0.1, -0.05) is 18.9 Å². The molecule has 2 aromatic rings. The van der Waals surface area contributed by atoms with Gasteiger partial charge in [0.15, 0.2) is 23.5 Å². The Morgan fingerprint density at radius 1 is 1.22 bits per heavy atom. The highest BCUT2D eigenvalue weighted by molar-refractivity contribution is 7.63. The second-order valence-corrected chi connectivity index (χ2v) is 17.9. The van der Waals surface area contributed by atoms with E-state index < -0.39 is 54.5 Å². The number of rotatable bonds is 11. The van der Waals surface area contributed by atoms with Gasteiger partial charge in [-0.2, -0.15) is 15.1 Å². The van der Waals surface area contributed by atoms with Crippen molar-refractivity contribution in [2.24, 2.45) is 0 Å². The van der Waals surface area contributed by atoms with Crippen LogP contribution in [0.15, 0.2) is 18.9 Å². The first-order valence-corrected chi connectivity index (χ1v) is 18.7. The third-order valence-corrected chi connectivity index (χ3v) is 11.2. The van der Waals surface area contributed by atoms with Crippen molar-refractivity contribution in [1.82, 2.24) is 19.7 Å². The van der Waals surface area contributed by atoms with Crippen LogP contribution in [0.3, 0.4) is 0 Å². The predicted octanol–water partition coefficient (Wildman–Crippen LogP) is 6.14. The molecule has 1 unspecified atom stereocenters. The topological polar surface area (TPSA) is 136 Å². The molecular weight excluding hydrogens is 637 g/mol. The maximum absolute atomic E-state index is 13.6. The van der Waals surface area contributed by atoms with Crippen molar-refractivity contribution in [1.29, 1.82) is 0 Å². The first kappa shape index (κ1) is 35.2. The predicted molar refractivity (Wildman–Crippen MR) is 174 cm³/mol. The number of fused-ring (bicyclic) bond motifs is 2. The van der Waals surface area contributed by atoms with Gasteiger partial charge < -0.3 is 33.0 Å². The molecule has 3 fully saturated rings. The lowest BCUT2D eigenvalue weighted by Crippen LogP contribution is -2.43. The van der Waals surface area contributed by atoms with Gasteiger partial charge in [-0.3, -0.25) is 4.90 Å². The number of carbonyl (C=O) groups excluding carboxylic acids is 1. The molecule has 5 atom stereocenters. The van der Waals surface area contributed by atoms with E-state index >= 15 is 0 Å². The molecular formula is C31H47ClN5O8P. The molecule has 4 heterocycles. The van der Waals surface area contributed by atoms with Gasteiger partial charge in [0.05, 0.1) is 24.8 Å². The summed E-state index contributed by atoms with van der Waals surface area (Å²) in [5, 5.41) is 4.05. The summed E-state index contributed by atoms with van der Waals surface area (Å²) in [6, 6.07) is -0.107.